The number of nitrogens with zero attached hydrogens (tertiary/aromatic N) is 2. The Morgan fingerprint density at radius 2 is 1.79 bits per heavy atom. The fraction of sp³-hybridized carbons (Fsp3) is 0. The van der Waals surface area contributed by atoms with Crippen LogP contribution < -0.4 is 5.73 Å². The van der Waals surface area contributed by atoms with Crippen LogP contribution in [0.4, 0.5) is 17.1 Å². The molecule has 2 aromatic rings. The van der Waals surface area contributed by atoms with E-state index in [0.29, 0.717) is 20.5 Å². The van der Waals surface area contributed by atoms with Gasteiger partial charge in [0.1, 0.15) is 0 Å². The first kappa shape index (κ1) is 13.7. The van der Waals surface area contributed by atoms with Crippen molar-refractivity contribution in [1.82, 2.24) is 0 Å². The molecule has 19 heavy (non-hydrogen) atoms. The molecule has 0 aliphatic carbocycles. The summed E-state index contributed by atoms with van der Waals surface area (Å²) in [4.78, 5) is 0. The van der Waals surface area contributed by atoms with E-state index in [4.69, 9.17) is 13.2 Å². The molecule has 0 amide bonds. The van der Waals surface area contributed by atoms with Crippen molar-refractivity contribution in [3.8, 4) is 5.75 Å². The van der Waals surface area contributed by atoms with Crippen LogP contribution in [0, 0.1) is 0 Å². The number of hydrogen-bond acceptors (Lipinski definition) is 4. The maximum atomic E-state index is 9.73. The summed E-state index contributed by atoms with van der Waals surface area (Å²) < 4.78 is 0.619. The molecule has 0 unspecified atom stereocenters. The summed E-state index contributed by atoms with van der Waals surface area (Å²) in [6.45, 7) is 0. The van der Waals surface area contributed by atoms with E-state index in [1.165, 1.54) is 6.07 Å². The molecule has 0 aliphatic rings. The van der Waals surface area contributed by atoms with E-state index in [2.05, 4.69) is 10.2 Å². The van der Waals surface area contributed by atoms with Crippen molar-refractivity contribution in [1.29, 1.82) is 0 Å². The van der Waals surface area contributed by atoms with Gasteiger partial charge in [-0.15, -0.1) is 0 Å². The van der Waals surface area contributed by atoms with Crippen LogP contribution in [0.5, 0.6) is 5.75 Å². The monoisotopic (exact) mass is 362 g/mol. The number of azo groups is 1. The number of anilines is 1. The Morgan fingerprint density at radius 3 is 2.47 bits per heavy atom. The first-order valence-electron chi connectivity index (χ1n) is 5.45. The van der Waals surface area contributed by atoms with Crippen LogP contribution in [-0.2, 0) is 0 Å². The summed E-state index contributed by atoms with van der Waals surface area (Å²) in [5.74, 6) is 0.0413. The minimum absolute atomic E-state index is 0.0413. The van der Waals surface area contributed by atoms with E-state index in [0.717, 1.165) is 5.56 Å². The van der Waals surface area contributed by atoms with Gasteiger partial charge in [-0.25, -0.2) is 0 Å². The van der Waals surface area contributed by atoms with E-state index >= 15 is 0 Å². The second-order valence-corrected chi connectivity index (χ2v) is 4.97. The zero-order chi connectivity index (χ0) is 13.8. The molecule has 93 valence electrons. The molecule has 3 N–H and O–H groups in total. The summed E-state index contributed by atoms with van der Waals surface area (Å²) >= 11 is 2.00. The molecule has 4 nitrogen and oxygen atoms in total. The fourth-order valence-corrected chi connectivity index (χ4v) is 1.77. The number of benzene rings is 2. The van der Waals surface area contributed by atoms with E-state index < -0.39 is 0 Å². The Kier molecular flexibility index (Phi) is 4.31. The maximum absolute atomic E-state index is 9.73. The second-order valence-electron chi connectivity index (χ2n) is 3.81. The van der Waals surface area contributed by atoms with Crippen molar-refractivity contribution in [2.24, 2.45) is 10.2 Å². The van der Waals surface area contributed by atoms with Gasteiger partial charge in [0.15, 0.2) is 0 Å². The Labute approximate surface area is 125 Å². The van der Waals surface area contributed by atoms with Crippen LogP contribution in [0.1, 0.15) is 5.56 Å². The number of phenolic OH excluding ortho intramolecular Hbond substituents is 1. The third-order valence-corrected chi connectivity index (χ3v) is 3.08. The Morgan fingerprint density at radius 1 is 1.11 bits per heavy atom. The van der Waals surface area contributed by atoms with E-state index in [-0.39, 0.29) is 5.75 Å². The van der Waals surface area contributed by atoms with Crippen LogP contribution in [0.25, 0.3) is 0 Å². The summed E-state index contributed by atoms with van der Waals surface area (Å²) in [6.07, 6.45) is 0. The van der Waals surface area contributed by atoms with Crippen LogP contribution >= 0.6 is 22.6 Å². The second kappa shape index (κ2) is 5.96. The Hall–Kier alpha value is -1.70. The first-order valence-corrected chi connectivity index (χ1v) is 6.53. The summed E-state index contributed by atoms with van der Waals surface area (Å²) in [5.41, 5.74) is 7.98. The molecule has 2 rings (SSSR count). The van der Waals surface area contributed by atoms with Crippen LogP contribution in [-0.4, -0.2) is 16.1 Å². The topological polar surface area (TPSA) is 71.0 Å². The molecule has 2 aromatic carbocycles. The number of para-hydroxylation sites is 1. The standard InChI is InChI=1S/C13H10BIN3O/c14-13(15)8-5-6-12(19)11(7-8)18-17-10-4-2-1-3-9(10)16/h1-7,19H,16H2. The third kappa shape index (κ3) is 3.40. The van der Waals surface area contributed by atoms with E-state index in [1.807, 2.05) is 34.7 Å². The summed E-state index contributed by atoms with van der Waals surface area (Å²) in [6, 6.07) is 12.0. The molecule has 0 aliphatic heterocycles. The fourth-order valence-electron chi connectivity index (χ4n) is 1.44. The number of nitrogen functional groups attached to an aromatic ring is 1. The molecule has 6 heteroatoms. The number of hydrogen-bond donors (Lipinski definition) is 2. The predicted octanol–water partition coefficient (Wildman–Crippen LogP) is 3.47. The van der Waals surface area contributed by atoms with Gasteiger partial charge in [0.2, 0.25) is 0 Å². The van der Waals surface area contributed by atoms with Gasteiger partial charge in [-0.2, -0.15) is 0 Å². The number of nitrogens with two attached hydrogens (primary N) is 1. The molecule has 0 atom stereocenters. The average Bonchev–Trinajstić information content (AvgIpc) is 2.39. The molecule has 0 spiro atoms. The number of phenols is 1. The van der Waals surface area contributed by atoms with Crippen molar-refractivity contribution < 1.29 is 5.11 Å². The molecule has 1 radical (unpaired) electrons. The van der Waals surface area contributed by atoms with Crippen molar-refractivity contribution in [3.63, 3.8) is 0 Å². The zero-order valence-corrected chi connectivity index (χ0v) is 12.1. The van der Waals surface area contributed by atoms with E-state index in [1.54, 1.807) is 24.3 Å². The number of aromatic hydroxyl groups is 1. The normalized spacial score (nSPS) is 10.7. The number of halogens is 1. The van der Waals surface area contributed by atoms with Gasteiger partial charge in [0.05, 0.1) is 0 Å². The van der Waals surface area contributed by atoms with Crippen molar-refractivity contribution in [3.05, 3.63) is 48.0 Å². The molecular formula is C13H10BIN3O. The zero-order valence-electron chi connectivity index (χ0n) is 9.92. The van der Waals surface area contributed by atoms with Crippen LogP contribution in [0.3, 0.4) is 0 Å². The molecule has 0 bridgehead atoms. The Bertz CT molecular complexity index is 658. The van der Waals surface area contributed by atoms with Gasteiger partial charge in [-0.3, -0.25) is 0 Å². The third-order valence-electron chi connectivity index (χ3n) is 2.45. The van der Waals surface area contributed by atoms with Crippen molar-refractivity contribution in [2.75, 3.05) is 5.73 Å². The van der Waals surface area contributed by atoms with Gasteiger partial charge in [-0.05, 0) is 0 Å². The van der Waals surface area contributed by atoms with Crippen LogP contribution in [0.15, 0.2) is 52.7 Å². The molecule has 0 aromatic heterocycles. The SMILES string of the molecule is [B]=C(I)c1ccc(O)c(N=Nc2ccccc2N)c1. The van der Waals surface area contributed by atoms with E-state index in [9.17, 15) is 5.11 Å². The van der Waals surface area contributed by atoms with Crippen LogP contribution in [0.2, 0.25) is 0 Å². The van der Waals surface area contributed by atoms with Gasteiger partial charge >= 0.3 is 125 Å². The molecule has 0 saturated heterocycles. The quantitative estimate of drug-likeness (QED) is 0.380. The molecule has 0 saturated carbocycles. The minimum atomic E-state index is 0.0413. The average molecular weight is 362 g/mol. The number of rotatable bonds is 3. The summed E-state index contributed by atoms with van der Waals surface area (Å²) in [5, 5.41) is 17.8. The predicted molar refractivity (Wildman–Crippen MR) is 87.0 cm³/mol. The van der Waals surface area contributed by atoms with Crippen molar-refractivity contribution in [2.45, 2.75) is 0 Å². The van der Waals surface area contributed by atoms with Crippen molar-refractivity contribution >= 4 is 50.6 Å². The molecule has 0 fully saturated rings. The van der Waals surface area contributed by atoms with Gasteiger partial charge in [0.25, 0.3) is 0 Å². The Balaban J connectivity index is 2.35. The first-order chi connectivity index (χ1) is 9.08. The molecule has 0 heterocycles. The van der Waals surface area contributed by atoms with Gasteiger partial charge in [0, 0.05) is 0 Å². The van der Waals surface area contributed by atoms with Gasteiger partial charge < -0.3 is 0 Å². The molecular weight excluding hydrogens is 352 g/mol. The van der Waals surface area contributed by atoms with Gasteiger partial charge in [-0.1, -0.05) is 0 Å². The summed E-state index contributed by atoms with van der Waals surface area (Å²) in [7, 11) is 5.69.